The molecule has 1 aromatic carbocycles. The van der Waals surface area contributed by atoms with Crippen LogP contribution in [0.2, 0.25) is 0 Å². The van der Waals surface area contributed by atoms with Crippen molar-refractivity contribution in [3.05, 3.63) is 45.8 Å². The molecule has 1 rings (SSSR count). The summed E-state index contributed by atoms with van der Waals surface area (Å²) in [6.07, 6.45) is 0. The monoisotopic (exact) mass is 419 g/mol. The van der Waals surface area contributed by atoms with Gasteiger partial charge in [-0.05, 0) is 0 Å². The molecule has 0 amide bonds. The zero-order valence-electron chi connectivity index (χ0n) is 13.2. The van der Waals surface area contributed by atoms with Gasteiger partial charge in [0, 0.05) is 0 Å². The van der Waals surface area contributed by atoms with Crippen LogP contribution in [0.4, 0.5) is 0 Å². The Labute approximate surface area is 133 Å². The van der Waals surface area contributed by atoms with Crippen molar-refractivity contribution in [2.24, 2.45) is 0 Å². The van der Waals surface area contributed by atoms with Crippen molar-refractivity contribution in [3.8, 4) is 0 Å². The van der Waals surface area contributed by atoms with Crippen LogP contribution in [0.25, 0.3) is 16.0 Å². The van der Waals surface area contributed by atoms with Gasteiger partial charge in [-0.15, -0.1) is 0 Å². The predicted octanol–water partition coefficient (Wildman–Crippen LogP) is 4.39. The van der Waals surface area contributed by atoms with E-state index in [1.54, 1.807) is 42.3 Å². The summed E-state index contributed by atoms with van der Waals surface area (Å²) in [4.78, 5) is 0. The van der Waals surface area contributed by atoms with Gasteiger partial charge in [-0.25, -0.2) is 12.1 Å². The van der Waals surface area contributed by atoms with E-state index in [1.165, 1.54) is 5.56 Å². The van der Waals surface area contributed by atoms with Gasteiger partial charge in [0.25, 0.3) is 0 Å². The molecule has 18 heavy (non-hydrogen) atoms. The first-order valence-corrected chi connectivity index (χ1v) is 5.70. The summed E-state index contributed by atoms with van der Waals surface area (Å²) in [5, 5.41) is 10.5. The predicted molar refractivity (Wildman–Crippen MR) is 81.7 cm³/mol. The Bertz CT molecular complexity index is 182. The van der Waals surface area contributed by atoms with Crippen LogP contribution in [0.5, 0.6) is 0 Å². The summed E-state index contributed by atoms with van der Waals surface area (Å²) >= 11 is 0. The third-order valence-electron chi connectivity index (χ3n) is 1.36. The number of nitrogens with zero attached hydrogens (tertiary/aromatic N) is 3. The normalized spacial score (nSPS) is 7.61. The maximum Gasteiger partial charge on any atom is 4.00 e. The molecule has 0 aliphatic rings. The fraction of sp³-hybridized carbons (Fsp3) is 0.643. The van der Waals surface area contributed by atoms with Crippen LogP contribution in [0.1, 0.15) is 25.3 Å². The number of hydrogen-bond acceptors (Lipinski definition) is 0. The van der Waals surface area contributed by atoms with Gasteiger partial charge in [-0.1, -0.05) is 19.8 Å². The van der Waals surface area contributed by atoms with E-state index in [9.17, 15) is 0 Å². The Kier molecular flexibility index (Phi) is 38.2. The third-order valence-corrected chi connectivity index (χ3v) is 1.36. The van der Waals surface area contributed by atoms with Gasteiger partial charge in [0.2, 0.25) is 0 Å². The quantitative estimate of drug-likeness (QED) is 0.480. The van der Waals surface area contributed by atoms with Crippen molar-refractivity contribution in [2.75, 3.05) is 42.3 Å². The molecule has 0 bridgehead atoms. The molecular weight excluding hydrogens is 389 g/mol. The summed E-state index contributed by atoms with van der Waals surface area (Å²) in [5.74, 6) is 0.685. The topological polar surface area (TPSA) is 42.3 Å². The molecule has 0 N–H and O–H groups in total. The molecule has 0 heterocycles. The van der Waals surface area contributed by atoms with Gasteiger partial charge in [-0.2, -0.15) is 60.0 Å². The van der Waals surface area contributed by atoms with Gasteiger partial charge >= 0.3 is 25.8 Å². The van der Waals surface area contributed by atoms with Crippen LogP contribution >= 0.6 is 0 Å². The Morgan fingerprint density at radius 3 is 1.06 bits per heavy atom. The molecule has 0 aliphatic heterocycles. The first kappa shape index (κ1) is 26.6. The summed E-state index contributed by atoms with van der Waals surface area (Å²) in [6.45, 7) is 4.41. The van der Waals surface area contributed by atoms with Crippen molar-refractivity contribution in [1.82, 2.24) is 0 Å². The van der Waals surface area contributed by atoms with Crippen LogP contribution in [-0.2, 0) is 25.8 Å². The van der Waals surface area contributed by atoms with E-state index >= 15 is 0 Å². The Morgan fingerprint density at radius 2 is 0.944 bits per heavy atom. The first-order valence-electron chi connectivity index (χ1n) is 5.70. The average Bonchev–Trinajstić information content (AvgIpc) is 2.73. The molecule has 1 aromatic rings. The van der Waals surface area contributed by atoms with Gasteiger partial charge in [0.05, 0.1) is 0 Å². The van der Waals surface area contributed by atoms with Crippen LogP contribution < -0.4 is 0 Å². The fourth-order valence-corrected chi connectivity index (χ4v) is 0.774. The third kappa shape index (κ3) is 29.8. The van der Waals surface area contributed by atoms with Gasteiger partial charge in [0.1, 0.15) is 0 Å². The van der Waals surface area contributed by atoms with Gasteiger partial charge < -0.3 is 16.0 Å². The SMILES string of the molecule is CC(C)[c-]1cccc1.C[N-]C.C[N-]C.C[N-]C.[Hf+4]. The largest absolute Gasteiger partial charge is 4.00 e. The number of rotatable bonds is 1. The molecule has 0 atom stereocenters. The zero-order chi connectivity index (χ0) is 14.1. The smallest absolute Gasteiger partial charge is 0.668 e. The standard InChI is InChI=1S/C8H11.3C2H6N.Hf/c1-7(2)8-5-3-4-6-8;3*1-3-2;/h3-7H,1-2H3;3*1-2H3;/q4*-1;+4. The van der Waals surface area contributed by atoms with E-state index < -0.39 is 0 Å². The Hall–Kier alpha value is 0.100. The van der Waals surface area contributed by atoms with E-state index in [0.717, 1.165) is 0 Å². The molecule has 0 unspecified atom stereocenters. The molecule has 104 valence electrons. The van der Waals surface area contributed by atoms with Crippen molar-refractivity contribution in [3.63, 3.8) is 0 Å². The van der Waals surface area contributed by atoms with E-state index in [0.29, 0.717) is 5.92 Å². The Morgan fingerprint density at radius 1 is 0.722 bits per heavy atom. The van der Waals surface area contributed by atoms with E-state index in [1.807, 2.05) is 0 Å². The van der Waals surface area contributed by atoms with E-state index in [-0.39, 0.29) is 25.8 Å². The molecule has 0 fully saturated rings. The van der Waals surface area contributed by atoms with Crippen LogP contribution in [0.3, 0.4) is 0 Å². The minimum absolute atomic E-state index is 0. The molecule has 0 saturated carbocycles. The molecule has 3 nitrogen and oxygen atoms in total. The summed E-state index contributed by atoms with van der Waals surface area (Å²) < 4.78 is 0. The van der Waals surface area contributed by atoms with Crippen molar-refractivity contribution in [2.45, 2.75) is 19.8 Å². The van der Waals surface area contributed by atoms with Crippen molar-refractivity contribution >= 4 is 0 Å². The first-order chi connectivity index (χ1) is 8.05. The van der Waals surface area contributed by atoms with E-state index in [4.69, 9.17) is 0 Å². The Balaban J connectivity index is -0.0000000840. The average molecular weight is 418 g/mol. The molecule has 4 heteroatoms. The molecule has 0 aromatic heterocycles. The van der Waals surface area contributed by atoms with Crippen LogP contribution in [-0.4, -0.2) is 42.3 Å². The maximum absolute atomic E-state index is 3.50. The van der Waals surface area contributed by atoms with Crippen molar-refractivity contribution in [1.29, 1.82) is 0 Å². The van der Waals surface area contributed by atoms with Crippen molar-refractivity contribution < 1.29 is 25.8 Å². The van der Waals surface area contributed by atoms with Gasteiger partial charge in [-0.3, -0.25) is 0 Å². The second-order valence-corrected chi connectivity index (χ2v) is 3.71. The van der Waals surface area contributed by atoms with Crippen LogP contribution in [0.15, 0.2) is 24.3 Å². The molecule has 0 radical (unpaired) electrons. The summed E-state index contributed by atoms with van der Waals surface area (Å²) in [7, 11) is 10.5. The second-order valence-electron chi connectivity index (χ2n) is 3.71. The molecular formula is C14H29HfN3. The zero-order valence-corrected chi connectivity index (χ0v) is 16.8. The molecule has 0 aliphatic carbocycles. The van der Waals surface area contributed by atoms with E-state index in [2.05, 4.69) is 54.1 Å². The van der Waals surface area contributed by atoms with Crippen LogP contribution in [0, 0.1) is 0 Å². The number of hydrogen-bond donors (Lipinski definition) is 0. The van der Waals surface area contributed by atoms with Gasteiger partial charge in [0.15, 0.2) is 0 Å². The summed E-state index contributed by atoms with van der Waals surface area (Å²) in [5.41, 5.74) is 1.44. The fourth-order valence-electron chi connectivity index (χ4n) is 0.774. The molecule has 0 spiro atoms. The minimum Gasteiger partial charge on any atom is -0.668 e. The molecule has 0 saturated heterocycles. The summed E-state index contributed by atoms with van der Waals surface area (Å²) in [6, 6.07) is 8.47. The maximum atomic E-state index is 3.50. The second kappa shape index (κ2) is 25.8. The minimum atomic E-state index is 0.